The van der Waals surface area contributed by atoms with Crippen LogP contribution >= 0.6 is 11.8 Å². The van der Waals surface area contributed by atoms with E-state index in [0.29, 0.717) is 24.7 Å². The van der Waals surface area contributed by atoms with Gasteiger partial charge >= 0.3 is 0 Å². The molecule has 25 heavy (non-hydrogen) atoms. The van der Waals surface area contributed by atoms with Crippen molar-refractivity contribution in [3.8, 4) is 11.5 Å². The second kappa shape index (κ2) is 7.74. The Morgan fingerprint density at radius 2 is 2.00 bits per heavy atom. The van der Waals surface area contributed by atoms with Gasteiger partial charge in [-0.2, -0.15) is 0 Å². The van der Waals surface area contributed by atoms with Crippen LogP contribution in [0.4, 0.5) is 8.78 Å². The number of thioether (sulfide) groups is 1. The number of halogens is 2. The Balaban J connectivity index is 1.52. The number of ether oxygens (including phenoxy) is 2. The van der Waals surface area contributed by atoms with Crippen molar-refractivity contribution in [1.82, 2.24) is 4.90 Å². The number of hydrogen-bond donors (Lipinski definition) is 0. The summed E-state index contributed by atoms with van der Waals surface area (Å²) in [5, 5.41) is 0. The molecule has 7 heteroatoms. The summed E-state index contributed by atoms with van der Waals surface area (Å²) in [6, 6.07) is 10.5. The molecule has 2 aromatic carbocycles. The lowest BCUT2D eigenvalue weighted by atomic mass is 10.2. The van der Waals surface area contributed by atoms with Gasteiger partial charge in [-0.1, -0.05) is 12.1 Å². The van der Waals surface area contributed by atoms with Crippen LogP contribution in [0.5, 0.6) is 11.5 Å². The molecule has 1 unspecified atom stereocenters. The zero-order valence-electron chi connectivity index (χ0n) is 13.6. The number of rotatable bonds is 5. The maximum atomic E-state index is 13.6. The fourth-order valence-corrected chi connectivity index (χ4v) is 3.30. The van der Waals surface area contributed by atoms with Crippen LogP contribution in [0.15, 0.2) is 47.4 Å². The Labute approximate surface area is 148 Å². The van der Waals surface area contributed by atoms with Crippen LogP contribution in [0, 0.1) is 11.6 Å². The Morgan fingerprint density at radius 3 is 2.80 bits per heavy atom. The highest BCUT2D eigenvalue weighted by Crippen LogP contribution is 2.31. The minimum Gasteiger partial charge on any atom is -0.486 e. The van der Waals surface area contributed by atoms with Crippen LogP contribution < -0.4 is 9.47 Å². The van der Waals surface area contributed by atoms with Gasteiger partial charge in [0.15, 0.2) is 17.6 Å². The predicted octanol–water partition coefficient (Wildman–Crippen LogP) is 3.36. The summed E-state index contributed by atoms with van der Waals surface area (Å²) in [4.78, 5) is 13.8. The standard InChI is InChI=1S/C18H17F2NO3S/c1-21(9-13-10-23-15-4-2-3-5-16(15)24-13)18(22)11-25-17-8-12(19)6-7-14(17)20/h2-8,13H,9-11H2,1H3. The van der Waals surface area contributed by atoms with E-state index in [-0.39, 0.29) is 22.7 Å². The molecule has 132 valence electrons. The number of benzene rings is 2. The number of carbonyl (C=O) groups is 1. The molecule has 0 aliphatic carbocycles. The molecule has 1 heterocycles. The molecule has 0 bridgehead atoms. The van der Waals surface area contributed by atoms with Crippen LogP contribution in [-0.4, -0.2) is 42.9 Å². The van der Waals surface area contributed by atoms with E-state index < -0.39 is 11.6 Å². The highest BCUT2D eigenvalue weighted by atomic mass is 32.2. The van der Waals surface area contributed by atoms with Crippen molar-refractivity contribution in [3.05, 3.63) is 54.1 Å². The summed E-state index contributed by atoms with van der Waals surface area (Å²) in [7, 11) is 1.65. The number of fused-ring (bicyclic) bond motifs is 1. The third-order valence-electron chi connectivity index (χ3n) is 3.72. The Hall–Kier alpha value is -2.28. The first-order chi connectivity index (χ1) is 12.0. The fourth-order valence-electron chi connectivity index (χ4n) is 2.40. The van der Waals surface area contributed by atoms with Crippen LogP contribution in [0.2, 0.25) is 0 Å². The first-order valence-corrected chi connectivity index (χ1v) is 8.72. The zero-order chi connectivity index (χ0) is 17.8. The van der Waals surface area contributed by atoms with E-state index in [1.54, 1.807) is 7.05 Å². The van der Waals surface area contributed by atoms with Gasteiger partial charge in [-0.15, -0.1) is 11.8 Å². The molecule has 1 aliphatic rings. The molecule has 1 atom stereocenters. The van der Waals surface area contributed by atoms with Gasteiger partial charge < -0.3 is 14.4 Å². The average molecular weight is 365 g/mol. The molecule has 0 aromatic heterocycles. The number of nitrogens with zero attached hydrogens (tertiary/aromatic N) is 1. The highest BCUT2D eigenvalue weighted by molar-refractivity contribution is 8.00. The molecule has 0 saturated carbocycles. The van der Waals surface area contributed by atoms with Crippen LogP contribution in [0.3, 0.4) is 0 Å². The van der Waals surface area contributed by atoms with E-state index in [0.717, 1.165) is 30.0 Å². The normalized spacial score (nSPS) is 15.7. The van der Waals surface area contributed by atoms with Gasteiger partial charge in [-0.25, -0.2) is 8.78 Å². The van der Waals surface area contributed by atoms with Gasteiger partial charge in [0, 0.05) is 11.9 Å². The summed E-state index contributed by atoms with van der Waals surface area (Å²) >= 11 is 0.970. The van der Waals surface area contributed by atoms with Crippen molar-refractivity contribution in [3.63, 3.8) is 0 Å². The van der Waals surface area contributed by atoms with Crippen LogP contribution in [0.25, 0.3) is 0 Å². The number of hydrogen-bond acceptors (Lipinski definition) is 4. The van der Waals surface area contributed by atoms with Crippen molar-refractivity contribution in [2.24, 2.45) is 0 Å². The largest absolute Gasteiger partial charge is 0.486 e. The fraction of sp³-hybridized carbons (Fsp3) is 0.278. The first kappa shape index (κ1) is 17.5. The molecule has 0 saturated heterocycles. The number of para-hydroxylation sites is 2. The van der Waals surface area contributed by atoms with E-state index in [1.165, 1.54) is 4.90 Å². The van der Waals surface area contributed by atoms with Gasteiger partial charge in [0.25, 0.3) is 0 Å². The SMILES string of the molecule is CN(CC1COc2ccccc2O1)C(=O)CSc1cc(F)ccc1F. The molecule has 0 fully saturated rings. The van der Waals surface area contributed by atoms with Gasteiger partial charge in [-0.3, -0.25) is 4.79 Å². The third-order valence-corrected chi connectivity index (χ3v) is 4.73. The van der Waals surface area contributed by atoms with Crippen LogP contribution in [-0.2, 0) is 4.79 Å². The Morgan fingerprint density at radius 1 is 1.24 bits per heavy atom. The zero-order valence-corrected chi connectivity index (χ0v) is 14.4. The smallest absolute Gasteiger partial charge is 0.232 e. The monoisotopic (exact) mass is 365 g/mol. The molecular weight excluding hydrogens is 348 g/mol. The van der Waals surface area contributed by atoms with E-state index in [2.05, 4.69) is 0 Å². The maximum absolute atomic E-state index is 13.6. The lowest BCUT2D eigenvalue weighted by Crippen LogP contribution is -2.42. The molecule has 3 rings (SSSR count). The summed E-state index contributed by atoms with van der Waals surface area (Å²) in [5.41, 5.74) is 0. The minimum absolute atomic E-state index is 0.0149. The molecule has 0 N–H and O–H groups in total. The van der Waals surface area contributed by atoms with Gasteiger partial charge in [0.2, 0.25) is 5.91 Å². The minimum atomic E-state index is -0.539. The summed E-state index contributed by atoms with van der Waals surface area (Å²) < 4.78 is 38.2. The third kappa shape index (κ3) is 4.42. The molecule has 0 radical (unpaired) electrons. The van der Waals surface area contributed by atoms with Crippen LogP contribution in [0.1, 0.15) is 0 Å². The molecule has 1 aliphatic heterocycles. The van der Waals surface area contributed by atoms with Gasteiger partial charge in [0.05, 0.1) is 12.3 Å². The summed E-state index contributed by atoms with van der Waals surface area (Å²) in [6.07, 6.45) is -0.278. The number of amides is 1. The number of carbonyl (C=O) groups excluding carboxylic acids is 1. The van der Waals surface area contributed by atoms with Crippen molar-refractivity contribution in [1.29, 1.82) is 0 Å². The van der Waals surface area contributed by atoms with Gasteiger partial charge in [-0.05, 0) is 30.3 Å². The Bertz CT molecular complexity index is 772. The number of likely N-dealkylation sites (N-methyl/N-ethyl adjacent to an activating group) is 1. The molecule has 0 spiro atoms. The van der Waals surface area contributed by atoms with E-state index >= 15 is 0 Å². The van der Waals surface area contributed by atoms with Gasteiger partial charge in [0.1, 0.15) is 18.2 Å². The molecular formula is C18H17F2NO3S. The van der Waals surface area contributed by atoms with E-state index in [9.17, 15) is 13.6 Å². The second-order valence-electron chi connectivity index (χ2n) is 5.64. The average Bonchev–Trinajstić information content (AvgIpc) is 2.62. The van der Waals surface area contributed by atoms with E-state index in [4.69, 9.17) is 9.47 Å². The first-order valence-electron chi connectivity index (χ1n) is 7.73. The van der Waals surface area contributed by atoms with Crippen molar-refractivity contribution in [2.75, 3.05) is 26.0 Å². The molecule has 1 amide bonds. The predicted molar refractivity (Wildman–Crippen MR) is 91.1 cm³/mol. The summed E-state index contributed by atoms with van der Waals surface area (Å²) in [5.74, 6) is 0.0801. The Kier molecular flexibility index (Phi) is 5.43. The van der Waals surface area contributed by atoms with E-state index in [1.807, 2.05) is 24.3 Å². The second-order valence-corrected chi connectivity index (χ2v) is 6.65. The maximum Gasteiger partial charge on any atom is 0.232 e. The quantitative estimate of drug-likeness (QED) is 0.762. The topological polar surface area (TPSA) is 38.8 Å². The summed E-state index contributed by atoms with van der Waals surface area (Å²) in [6.45, 7) is 0.694. The lowest BCUT2D eigenvalue weighted by Gasteiger charge is -2.29. The molecule has 4 nitrogen and oxygen atoms in total. The molecule has 2 aromatic rings. The van der Waals surface area contributed by atoms with Crippen molar-refractivity contribution < 1.29 is 23.0 Å². The van der Waals surface area contributed by atoms with Crippen molar-refractivity contribution in [2.45, 2.75) is 11.0 Å². The van der Waals surface area contributed by atoms with Crippen molar-refractivity contribution >= 4 is 17.7 Å². The lowest BCUT2D eigenvalue weighted by molar-refractivity contribution is -0.128. The highest BCUT2D eigenvalue weighted by Gasteiger charge is 2.23.